The molecule has 0 aliphatic carbocycles. The molecule has 0 fully saturated rings. The first-order valence-electron chi connectivity index (χ1n) is 11.6. The number of nitro groups is 1. The molecule has 3 aromatic carbocycles. The Labute approximate surface area is 227 Å². The number of aromatic nitrogens is 1. The van der Waals surface area contributed by atoms with E-state index in [4.69, 9.17) is 19.3 Å². The van der Waals surface area contributed by atoms with Crippen molar-refractivity contribution in [2.75, 3.05) is 33.3 Å². The van der Waals surface area contributed by atoms with Crippen molar-refractivity contribution < 1.29 is 23.9 Å². The molecule has 1 aromatic heterocycles. The van der Waals surface area contributed by atoms with Gasteiger partial charge in [0.2, 0.25) is 10.6 Å². The average molecular weight is 546 g/mol. The Morgan fingerprint density at radius 3 is 2.28 bits per heavy atom. The van der Waals surface area contributed by atoms with E-state index in [-0.39, 0.29) is 23.0 Å². The molecule has 12 heteroatoms. The van der Waals surface area contributed by atoms with Crippen molar-refractivity contribution >= 4 is 40.0 Å². The number of carbonyl (C=O) groups excluding carboxylic acids is 1. The van der Waals surface area contributed by atoms with E-state index in [9.17, 15) is 14.9 Å². The van der Waals surface area contributed by atoms with Crippen LogP contribution >= 0.6 is 11.3 Å². The summed E-state index contributed by atoms with van der Waals surface area (Å²) in [4.78, 5) is 30.8. The van der Waals surface area contributed by atoms with Crippen molar-refractivity contribution in [3.8, 4) is 28.5 Å². The van der Waals surface area contributed by atoms with Gasteiger partial charge in [0.15, 0.2) is 17.2 Å². The number of rotatable bonds is 7. The number of ether oxygens (including phenoxy) is 3. The van der Waals surface area contributed by atoms with Crippen LogP contribution in [0.15, 0.2) is 76.1 Å². The number of amides is 1. The van der Waals surface area contributed by atoms with Crippen molar-refractivity contribution in [3.63, 3.8) is 0 Å². The van der Waals surface area contributed by atoms with Crippen LogP contribution in [0.25, 0.3) is 11.3 Å². The molecule has 0 unspecified atom stereocenters. The van der Waals surface area contributed by atoms with Crippen molar-refractivity contribution in [2.24, 2.45) is 10.1 Å². The van der Waals surface area contributed by atoms with E-state index in [2.05, 4.69) is 4.99 Å². The molecule has 5 rings (SSSR count). The van der Waals surface area contributed by atoms with Gasteiger partial charge in [-0.05, 0) is 24.3 Å². The summed E-state index contributed by atoms with van der Waals surface area (Å²) in [5, 5.41) is 18.2. The quantitative estimate of drug-likeness (QED) is 0.247. The summed E-state index contributed by atoms with van der Waals surface area (Å²) in [6.07, 6.45) is 0. The molecule has 39 heavy (non-hydrogen) atoms. The molecule has 1 aliphatic heterocycles. The zero-order valence-electron chi connectivity index (χ0n) is 21.4. The van der Waals surface area contributed by atoms with Gasteiger partial charge in [-0.1, -0.05) is 30.3 Å². The number of hydrogen-bond donors (Lipinski definition) is 0. The summed E-state index contributed by atoms with van der Waals surface area (Å²) in [6, 6.07) is 17.0. The largest absolute Gasteiger partial charge is 0.493 e. The van der Waals surface area contributed by atoms with Gasteiger partial charge in [-0.2, -0.15) is 5.10 Å². The van der Waals surface area contributed by atoms with Gasteiger partial charge in [0, 0.05) is 29.6 Å². The van der Waals surface area contributed by atoms with Gasteiger partial charge in [-0.25, -0.2) is 9.67 Å². The molecular weight excluding hydrogens is 522 g/mol. The minimum absolute atomic E-state index is 0.151. The number of benzene rings is 3. The second-order valence-corrected chi connectivity index (χ2v) is 9.15. The minimum Gasteiger partial charge on any atom is -0.493 e. The van der Waals surface area contributed by atoms with Crippen LogP contribution in [0.5, 0.6) is 17.2 Å². The third-order valence-electron chi connectivity index (χ3n) is 6.17. The molecule has 0 spiro atoms. The third kappa shape index (κ3) is 4.50. The molecule has 0 saturated heterocycles. The van der Waals surface area contributed by atoms with Crippen molar-refractivity contribution in [3.05, 3.63) is 86.5 Å². The first kappa shape index (κ1) is 25.7. The highest BCUT2D eigenvalue weighted by Gasteiger charge is 2.32. The van der Waals surface area contributed by atoms with Gasteiger partial charge in [-0.15, -0.1) is 11.3 Å². The first-order valence-corrected chi connectivity index (χ1v) is 12.5. The lowest BCUT2D eigenvalue weighted by atomic mass is 10.1. The summed E-state index contributed by atoms with van der Waals surface area (Å²) in [5.74, 6) is 0.985. The van der Waals surface area contributed by atoms with E-state index in [1.807, 2.05) is 24.3 Å². The maximum Gasteiger partial charge on any atom is 0.294 e. The lowest BCUT2D eigenvalue weighted by molar-refractivity contribution is -0.384. The topological polar surface area (TPSA) is 121 Å². The molecule has 198 valence electrons. The number of methoxy groups -OCH3 is 3. The third-order valence-corrected chi connectivity index (χ3v) is 6.98. The number of nitrogens with zero attached hydrogens (tertiary/aromatic N) is 5. The first-order chi connectivity index (χ1) is 18.9. The van der Waals surface area contributed by atoms with E-state index in [1.165, 1.54) is 48.3 Å². The molecule has 0 N–H and O–H groups in total. The van der Waals surface area contributed by atoms with Gasteiger partial charge >= 0.3 is 0 Å². The summed E-state index contributed by atoms with van der Waals surface area (Å²) < 4.78 is 18.0. The predicted molar refractivity (Wildman–Crippen MR) is 148 cm³/mol. The zero-order chi connectivity index (χ0) is 27.7. The monoisotopic (exact) mass is 545 g/mol. The molecule has 0 saturated carbocycles. The van der Waals surface area contributed by atoms with Crippen LogP contribution in [0, 0.1) is 10.1 Å². The second-order valence-electron chi connectivity index (χ2n) is 8.32. The fourth-order valence-electron chi connectivity index (χ4n) is 4.26. The molecule has 0 radical (unpaired) electrons. The van der Waals surface area contributed by atoms with Gasteiger partial charge in [0.25, 0.3) is 11.6 Å². The maximum absolute atomic E-state index is 13.2. The van der Waals surface area contributed by atoms with E-state index in [1.54, 1.807) is 42.8 Å². The van der Waals surface area contributed by atoms with Crippen LogP contribution in [0.2, 0.25) is 0 Å². The fourth-order valence-corrected chi connectivity index (χ4v) is 5.11. The lowest BCUT2D eigenvalue weighted by Gasteiger charge is -2.14. The highest BCUT2D eigenvalue weighted by atomic mass is 32.1. The fraction of sp³-hybridized carbons (Fsp3) is 0.148. The van der Waals surface area contributed by atoms with Gasteiger partial charge in [-0.3, -0.25) is 14.9 Å². The molecule has 1 amide bonds. The summed E-state index contributed by atoms with van der Waals surface area (Å²) in [5.41, 5.74) is 2.81. The molecule has 2 heterocycles. The van der Waals surface area contributed by atoms with Gasteiger partial charge < -0.3 is 19.1 Å². The van der Waals surface area contributed by atoms with E-state index in [0.717, 1.165) is 5.69 Å². The highest BCUT2D eigenvalue weighted by molar-refractivity contribution is 7.07. The van der Waals surface area contributed by atoms with Crippen LogP contribution in [0.4, 0.5) is 17.1 Å². The Bertz CT molecular complexity index is 1680. The normalized spacial score (nSPS) is 14.1. The standard InChI is InChI=1S/C27H23N5O6S/c1-30-19-11-7-5-9-17(19)24(26(30)33)29-31-21(16-13-22(36-2)25(38-4)23(14-16)37-3)15-39-27(31)28-18-10-6-8-12-20(18)32(34)35/h5-15H,1-4H3. The Kier molecular flexibility index (Phi) is 6.86. The predicted octanol–water partition coefficient (Wildman–Crippen LogP) is 4.61. The number of thiazole rings is 1. The van der Waals surface area contributed by atoms with Crippen molar-refractivity contribution in [2.45, 2.75) is 0 Å². The average Bonchev–Trinajstić information content (AvgIpc) is 3.46. The van der Waals surface area contributed by atoms with Crippen molar-refractivity contribution in [1.82, 2.24) is 4.68 Å². The lowest BCUT2D eigenvalue weighted by Crippen LogP contribution is -2.27. The van der Waals surface area contributed by atoms with Crippen LogP contribution in [-0.4, -0.2) is 49.6 Å². The highest BCUT2D eigenvalue weighted by Crippen LogP contribution is 2.41. The van der Waals surface area contributed by atoms with Gasteiger partial charge in [0.05, 0.1) is 37.6 Å². The van der Waals surface area contributed by atoms with Crippen LogP contribution in [-0.2, 0) is 4.79 Å². The SMILES string of the molecule is COc1cc(-c2csc(=Nc3ccccc3[N+](=O)[O-])n2N=C2C(=O)N(C)c3ccccc32)cc(OC)c1OC. The van der Waals surface area contributed by atoms with E-state index in [0.29, 0.717) is 38.9 Å². The maximum atomic E-state index is 13.2. The summed E-state index contributed by atoms with van der Waals surface area (Å²) in [6.45, 7) is 0. The second kappa shape index (κ2) is 10.4. The molecule has 4 aromatic rings. The smallest absolute Gasteiger partial charge is 0.294 e. The number of para-hydroxylation sites is 3. The Morgan fingerprint density at radius 1 is 0.949 bits per heavy atom. The van der Waals surface area contributed by atoms with Crippen molar-refractivity contribution in [1.29, 1.82) is 0 Å². The zero-order valence-corrected chi connectivity index (χ0v) is 22.3. The van der Waals surface area contributed by atoms with E-state index >= 15 is 0 Å². The molecule has 11 nitrogen and oxygen atoms in total. The summed E-state index contributed by atoms with van der Waals surface area (Å²) in [7, 11) is 6.23. The number of hydrogen-bond acceptors (Lipinski definition) is 9. The van der Waals surface area contributed by atoms with Crippen LogP contribution in [0.3, 0.4) is 0 Å². The Morgan fingerprint density at radius 2 is 1.62 bits per heavy atom. The number of carbonyl (C=O) groups is 1. The number of fused-ring (bicyclic) bond motifs is 1. The molecule has 0 bridgehead atoms. The number of anilines is 1. The Balaban J connectivity index is 1.80. The molecular formula is C27H23N5O6S. The minimum atomic E-state index is -0.492. The summed E-state index contributed by atoms with van der Waals surface area (Å²) >= 11 is 1.22. The van der Waals surface area contributed by atoms with E-state index < -0.39 is 4.92 Å². The Hall–Kier alpha value is -4.97. The molecule has 0 atom stereocenters. The molecule has 1 aliphatic rings. The number of nitro benzene ring substituents is 1. The van der Waals surface area contributed by atoms with Crippen LogP contribution < -0.4 is 23.9 Å². The van der Waals surface area contributed by atoms with Gasteiger partial charge in [0.1, 0.15) is 5.69 Å². The number of likely N-dealkylation sites (N-methyl/N-ethyl adjacent to an activating group) is 1. The van der Waals surface area contributed by atoms with Crippen LogP contribution in [0.1, 0.15) is 5.56 Å².